The van der Waals surface area contributed by atoms with Crippen LogP contribution in [0.4, 0.5) is 0 Å². The molecule has 2 rings (SSSR count). The summed E-state index contributed by atoms with van der Waals surface area (Å²) in [5, 5.41) is 0.854. The molecule has 0 bridgehead atoms. The van der Waals surface area contributed by atoms with Crippen LogP contribution in [0.1, 0.15) is 11.1 Å². The number of aryl methyl sites for hydroxylation is 2. The van der Waals surface area contributed by atoms with Crippen molar-refractivity contribution in [3.8, 4) is 11.1 Å². The molecular formula is C14H13Cl. The van der Waals surface area contributed by atoms with Gasteiger partial charge < -0.3 is 0 Å². The van der Waals surface area contributed by atoms with Crippen LogP contribution in [0.5, 0.6) is 0 Å². The minimum atomic E-state index is 0.854. The average molecular weight is 217 g/mol. The van der Waals surface area contributed by atoms with Crippen LogP contribution in [-0.2, 0) is 0 Å². The number of hydrogen-bond acceptors (Lipinski definition) is 0. The molecular weight excluding hydrogens is 204 g/mol. The molecule has 0 atom stereocenters. The second kappa shape index (κ2) is 4.08. The molecule has 0 aliphatic heterocycles. The van der Waals surface area contributed by atoms with E-state index in [2.05, 4.69) is 25.1 Å². The topological polar surface area (TPSA) is 0 Å². The summed E-state index contributed by atoms with van der Waals surface area (Å²) in [6, 6.07) is 14.4. The van der Waals surface area contributed by atoms with E-state index in [0.29, 0.717) is 0 Å². The van der Waals surface area contributed by atoms with Gasteiger partial charge in [0.05, 0.1) is 5.02 Å². The van der Waals surface area contributed by atoms with Crippen LogP contribution >= 0.6 is 11.6 Å². The van der Waals surface area contributed by atoms with Crippen molar-refractivity contribution in [2.24, 2.45) is 0 Å². The van der Waals surface area contributed by atoms with Crippen molar-refractivity contribution < 1.29 is 0 Å². The Morgan fingerprint density at radius 1 is 0.733 bits per heavy atom. The van der Waals surface area contributed by atoms with Crippen LogP contribution in [0.3, 0.4) is 0 Å². The Labute approximate surface area is 95.5 Å². The van der Waals surface area contributed by atoms with E-state index in [0.717, 1.165) is 16.1 Å². The molecule has 0 spiro atoms. The standard InChI is InChI=1S/C14H13Cl/c1-10-6-3-4-8-12(10)13-9-5-7-11(2)14(13)15/h3-9H,1-2H3. The summed E-state index contributed by atoms with van der Waals surface area (Å²) >= 11 is 6.30. The molecule has 0 saturated heterocycles. The van der Waals surface area contributed by atoms with Gasteiger partial charge in [0.2, 0.25) is 0 Å². The van der Waals surface area contributed by atoms with Crippen LogP contribution in [0.25, 0.3) is 11.1 Å². The molecule has 0 heterocycles. The Hall–Kier alpha value is -1.27. The largest absolute Gasteiger partial charge is 0.0834 e. The molecule has 0 fully saturated rings. The molecule has 0 aromatic heterocycles. The van der Waals surface area contributed by atoms with Crippen molar-refractivity contribution in [3.05, 3.63) is 58.6 Å². The number of halogens is 1. The lowest BCUT2D eigenvalue weighted by molar-refractivity contribution is 1.42. The van der Waals surface area contributed by atoms with E-state index in [1.54, 1.807) is 0 Å². The van der Waals surface area contributed by atoms with Gasteiger partial charge in [-0.2, -0.15) is 0 Å². The SMILES string of the molecule is Cc1ccccc1-c1cccc(C)c1Cl. The maximum absolute atomic E-state index is 6.30. The molecule has 0 aliphatic rings. The molecule has 15 heavy (non-hydrogen) atoms. The van der Waals surface area contributed by atoms with Gasteiger partial charge in [0.1, 0.15) is 0 Å². The zero-order valence-electron chi connectivity index (χ0n) is 8.92. The summed E-state index contributed by atoms with van der Waals surface area (Å²) in [6.45, 7) is 4.14. The van der Waals surface area contributed by atoms with E-state index in [1.165, 1.54) is 11.1 Å². The van der Waals surface area contributed by atoms with E-state index in [1.807, 2.05) is 31.2 Å². The van der Waals surface area contributed by atoms with Gasteiger partial charge in [-0.15, -0.1) is 0 Å². The van der Waals surface area contributed by atoms with Gasteiger partial charge in [-0.1, -0.05) is 54.1 Å². The first-order valence-corrected chi connectivity index (χ1v) is 5.39. The lowest BCUT2D eigenvalue weighted by Gasteiger charge is -2.09. The molecule has 0 radical (unpaired) electrons. The highest BCUT2D eigenvalue weighted by molar-refractivity contribution is 6.34. The molecule has 0 N–H and O–H groups in total. The predicted octanol–water partition coefficient (Wildman–Crippen LogP) is 4.62. The molecule has 0 nitrogen and oxygen atoms in total. The van der Waals surface area contributed by atoms with Gasteiger partial charge in [-0.3, -0.25) is 0 Å². The third kappa shape index (κ3) is 1.91. The van der Waals surface area contributed by atoms with Gasteiger partial charge in [0.25, 0.3) is 0 Å². The monoisotopic (exact) mass is 216 g/mol. The third-order valence-electron chi connectivity index (χ3n) is 2.63. The summed E-state index contributed by atoms with van der Waals surface area (Å²) in [7, 11) is 0. The van der Waals surface area contributed by atoms with E-state index in [9.17, 15) is 0 Å². The van der Waals surface area contributed by atoms with Gasteiger partial charge in [0, 0.05) is 5.56 Å². The summed E-state index contributed by atoms with van der Waals surface area (Å²) in [4.78, 5) is 0. The molecule has 76 valence electrons. The summed E-state index contributed by atoms with van der Waals surface area (Å²) in [5.41, 5.74) is 4.71. The molecule has 0 saturated carbocycles. The minimum absolute atomic E-state index is 0.854. The summed E-state index contributed by atoms with van der Waals surface area (Å²) < 4.78 is 0. The highest BCUT2D eigenvalue weighted by Gasteiger charge is 2.06. The van der Waals surface area contributed by atoms with Gasteiger partial charge in [-0.05, 0) is 30.5 Å². The van der Waals surface area contributed by atoms with Crippen LogP contribution in [0.2, 0.25) is 5.02 Å². The fraction of sp³-hybridized carbons (Fsp3) is 0.143. The molecule has 2 aromatic carbocycles. The second-order valence-electron chi connectivity index (χ2n) is 3.75. The molecule has 1 heteroatoms. The third-order valence-corrected chi connectivity index (χ3v) is 3.13. The lowest BCUT2D eigenvalue weighted by Crippen LogP contribution is -1.85. The first kappa shape index (κ1) is 10.3. The van der Waals surface area contributed by atoms with Crippen molar-refractivity contribution in [3.63, 3.8) is 0 Å². The van der Waals surface area contributed by atoms with Crippen molar-refractivity contribution in [2.45, 2.75) is 13.8 Å². The fourth-order valence-electron chi connectivity index (χ4n) is 1.73. The molecule has 0 unspecified atom stereocenters. The summed E-state index contributed by atoms with van der Waals surface area (Å²) in [5.74, 6) is 0. The quantitative estimate of drug-likeness (QED) is 0.652. The highest BCUT2D eigenvalue weighted by Crippen LogP contribution is 2.31. The average Bonchev–Trinajstić information content (AvgIpc) is 2.23. The van der Waals surface area contributed by atoms with Crippen LogP contribution in [0.15, 0.2) is 42.5 Å². The first-order chi connectivity index (χ1) is 7.20. The zero-order valence-corrected chi connectivity index (χ0v) is 9.68. The Balaban J connectivity index is 2.65. The minimum Gasteiger partial charge on any atom is -0.0834 e. The maximum Gasteiger partial charge on any atom is 0.0513 e. The second-order valence-corrected chi connectivity index (χ2v) is 4.13. The van der Waals surface area contributed by atoms with Gasteiger partial charge in [-0.25, -0.2) is 0 Å². The zero-order chi connectivity index (χ0) is 10.8. The normalized spacial score (nSPS) is 10.3. The Bertz CT molecular complexity index is 486. The summed E-state index contributed by atoms with van der Waals surface area (Å²) in [6.07, 6.45) is 0. The van der Waals surface area contributed by atoms with Crippen LogP contribution < -0.4 is 0 Å². The van der Waals surface area contributed by atoms with Crippen LogP contribution in [0, 0.1) is 13.8 Å². The Morgan fingerprint density at radius 2 is 1.33 bits per heavy atom. The van der Waals surface area contributed by atoms with Crippen molar-refractivity contribution in [2.75, 3.05) is 0 Å². The van der Waals surface area contributed by atoms with Crippen molar-refractivity contribution in [1.29, 1.82) is 0 Å². The van der Waals surface area contributed by atoms with E-state index >= 15 is 0 Å². The Kier molecular flexibility index (Phi) is 2.79. The predicted molar refractivity (Wildman–Crippen MR) is 66.4 cm³/mol. The van der Waals surface area contributed by atoms with Crippen molar-refractivity contribution in [1.82, 2.24) is 0 Å². The number of rotatable bonds is 1. The molecule has 2 aromatic rings. The van der Waals surface area contributed by atoms with E-state index in [4.69, 9.17) is 11.6 Å². The number of hydrogen-bond donors (Lipinski definition) is 0. The Morgan fingerprint density at radius 3 is 2.07 bits per heavy atom. The maximum atomic E-state index is 6.30. The first-order valence-electron chi connectivity index (χ1n) is 5.01. The smallest absolute Gasteiger partial charge is 0.0513 e. The van der Waals surface area contributed by atoms with Gasteiger partial charge in [0.15, 0.2) is 0 Å². The highest BCUT2D eigenvalue weighted by atomic mass is 35.5. The molecule has 0 aliphatic carbocycles. The van der Waals surface area contributed by atoms with Gasteiger partial charge >= 0.3 is 0 Å². The number of benzene rings is 2. The van der Waals surface area contributed by atoms with E-state index < -0.39 is 0 Å². The fourth-order valence-corrected chi connectivity index (χ4v) is 1.96. The lowest BCUT2D eigenvalue weighted by atomic mass is 9.99. The molecule has 0 amide bonds. The van der Waals surface area contributed by atoms with E-state index in [-0.39, 0.29) is 0 Å². The van der Waals surface area contributed by atoms with Crippen molar-refractivity contribution >= 4 is 11.6 Å². The van der Waals surface area contributed by atoms with Crippen LogP contribution in [-0.4, -0.2) is 0 Å².